The van der Waals surface area contributed by atoms with E-state index in [1.807, 2.05) is 11.8 Å². The van der Waals surface area contributed by atoms with E-state index in [0.717, 1.165) is 83.5 Å². The molecule has 0 saturated carbocycles. The van der Waals surface area contributed by atoms with Gasteiger partial charge in [0.05, 0.1) is 25.5 Å². The molecule has 0 amide bonds. The van der Waals surface area contributed by atoms with Crippen LogP contribution in [-0.4, -0.2) is 122 Å². The van der Waals surface area contributed by atoms with E-state index < -0.39 is 0 Å². The molecule has 0 spiro atoms. The van der Waals surface area contributed by atoms with E-state index in [-0.39, 0.29) is 6.61 Å². The van der Waals surface area contributed by atoms with Crippen LogP contribution in [-0.2, 0) is 4.74 Å². The maximum atomic E-state index is 8.81. The molecule has 1 N–H and O–H groups in total. The number of aliphatic hydroxyl groups is 1. The molecule has 7 nitrogen and oxygen atoms in total. The van der Waals surface area contributed by atoms with Crippen molar-refractivity contribution < 1.29 is 9.84 Å². The Kier molecular flexibility index (Phi) is 8.72. The molecular formula is C27H37N5O2S. The number of piperazine rings is 2. The van der Waals surface area contributed by atoms with Gasteiger partial charge in [0.15, 0.2) is 0 Å². The number of fused-ring (bicyclic) bond motifs is 2. The number of para-hydroxylation sites is 1. The van der Waals surface area contributed by atoms with Crippen LogP contribution in [0.15, 0.2) is 63.3 Å². The zero-order valence-electron chi connectivity index (χ0n) is 20.5. The summed E-state index contributed by atoms with van der Waals surface area (Å²) in [5, 5.41) is 8.81. The first kappa shape index (κ1) is 24.7. The monoisotopic (exact) mass is 495 g/mol. The van der Waals surface area contributed by atoms with Crippen molar-refractivity contribution in [3.05, 3.63) is 54.1 Å². The minimum atomic E-state index is 0.108. The highest BCUT2D eigenvalue weighted by Crippen LogP contribution is 2.40. The summed E-state index contributed by atoms with van der Waals surface area (Å²) in [6.07, 6.45) is 0. The van der Waals surface area contributed by atoms with Crippen LogP contribution in [0.2, 0.25) is 0 Å². The van der Waals surface area contributed by atoms with Crippen LogP contribution < -0.4 is 0 Å². The topological polar surface area (TPSA) is 54.8 Å². The van der Waals surface area contributed by atoms with Crippen LogP contribution in [0.4, 0.5) is 5.69 Å². The molecule has 0 radical (unpaired) electrons. The van der Waals surface area contributed by atoms with Crippen LogP contribution in [0.3, 0.4) is 0 Å². The fourth-order valence-corrected chi connectivity index (χ4v) is 5.99. The van der Waals surface area contributed by atoms with Crippen molar-refractivity contribution in [2.45, 2.75) is 9.79 Å². The fraction of sp³-hybridized carbons (Fsp3) is 0.519. The second-order valence-electron chi connectivity index (χ2n) is 9.35. The second kappa shape index (κ2) is 12.3. The third-order valence-electron chi connectivity index (χ3n) is 7.10. The van der Waals surface area contributed by atoms with Gasteiger partial charge in [-0.15, -0.1) is 0 Å². The molecule has 2 aromatic carbocycles. The molecule has 2 fully saturated rings. The van der Waals surface area contributed by atoms with Gasteiger partial charge >= 0.3 is 0 Å². The number of hydrogen-bond acceptors (Lipinski definition) is 8. The molecule has 5 rings (SSSR count). The van der Waals surface area contributed by atoms with E-state index in [2.05, 4.69) is 68.1 Å². The van der Waals surface area contributed by atoms with E-state index in [1.165, 1.54) is 15.4 Å². The highest BCUT2D eigenvalue weighted by molar-refractivity contribution is 7.99. The van der Waals surface area contributed by atoms with Gasteiger partial charge in [0.2, 0.25) is 0 Å². The SMILES string of the molecule is OCCOCCN1CCN(CCN2CCN(C3=Nc4ccccc4Sc4ccccc43)CC2)CC1. The van der Waals surface area contributed by atoms with E-state index in [1.54, 1.807) is 0 Å². The molecule has 0 atom stereocenters. The Hall–Kier alpha value is -1.94. The molecule has 3 aliphatic heterocycles. The van der Waals surface area contributed by atoms with Crippen molar-refractivity contribution in [1.29, 1.82) is 0 Å². The summed E-state index contributed by atoms with van der Waals surface area (Å²) in [4.78, 5) is 17.8. The molecule has 2 aromatic rings. The minimum absolute atomic E-state index is 0.108. The summed E-state index contributed by atoms with van der Waals surface area (Å²) >= 11 is 1.82. The van der Waals surface area contributed by atoms with E-state index in [4.69, 9.17) is 14.8 Å². The van der Waals surface area contributed by atoms with Gasteiger partial charge < -0.3 is 14.7 Å². The lowest BCUT2D eigenvalue weighted by atomic mass is 10.1. The van der Waals surface area contributed by atoms with E-state index >= 15 is 0 Å². The van der Waals surface area contributed by atoms with Gasteiger partial charge in [-0.3, -0.25) is 14.7 Å². The van der Waals surface area contributed by atoms with E-state index in [0.29, 0.717) is 13.2 Å². The number of hydrogen-bond donors (Lipinski definition) is 1. The van der Waals surface area contributed by atoms with Crippen molar-refractivity contribution in [2.24, 2.45) is 4.99 Å². The third kappa shape index (κ3) is 6.44. The van der Waals surface area contributed by atoms with Gasteiger partial charge in [-0.1, -0.05) is 42.1 Å². The van der Waals surface area contributed by atoms with Crippen LogP contribution in [0.5, 0.6) is 0 Å². The van der Waals surface area contributed by atoms with Gasteiger partial charge in [0, 0.05) is 87.3 Å². The fourth-order valence-electron chi connectivity index (χ4n) is 4.97. The molecular weight excluding hydrogens is 458 g/mol. The Labute approximate surface area is 213 Å². The number of rotatable bonds is 8. The Morgan fingerprint density at radius 2 is 1.31 bits per heavy atom. The molecule has 35 heavy (non-hydrogen) atoms. The minimum Gasteiger partial charge on any atom is -0.394 e. The Morgan fingerprint density at radius 1 is 0.714 bits per heavy atom. The normalized spacial score (nSPS) is 19.7. The number of nitrogens with zero attached hydrogens (tertiary/aromatic N) is 5. The lowest BCUT2D eigenvalue weighted by molar-refractivity contribution is 0.0547. The predicted molar refractivity (Wildman–Crippen MR) is 142 cm³/mol. The summed E-state index contributed by atoms with van der Waals surface area (Å²) in [6.45, 7) is 13.2. The smallest absolute Gasteiger partial charge is 0.137 e. The summed E-state index contributed by atoms with van der Waals surface area (Å²) in [6, 6.07) is 17.2. The zero-order chi connectivity index (χ0) is 23.9. The first-order valence-electron chi connectivity index (χ1n) is 12.9. The number of aliphatic imine (C=N–C) groups is 1. The van der Waals surface area contributed by atoms with Crippen molar-refractivity contribution in [3.8, 4) is 0 Å². The van der Waals surface area contributed by atoms with Crippen molar-refractivity contribution in [2.75, 3.05) is 91.8 Å². The molecule has 3 heterocycles. The quantitative estimate of drug-likeness (QED) is 0.565. The Bertz CT molecular complexity index is 987. The Balaban J connectivity index is 1.11. The average molecular weight is 496 g/mol. The van der Waals surface area contributed by atoms with Crippen molar-refractivity contribution >= 4 is 23.3 Å². The van der Waals surface area contributed by atoms with E-state index in [9.17, 15) is 0 Å². The lowest BCUT2D eigenvalue weighted by Crippen LogP contribution is -2.52. The van der Waals surface area contributed by atoms with Crippen LogP contribution in [0.1, 0.15) is 5.56 Å². The molecule has 0 bridgehead atoms. The summed E-state index contributed by atoms with van der Waals surface area (Å²) in [7, 11) is 0. The molecule has 0 aliphatic carbocycles. The maximum Gasteiger partial charge on any atom is 0.137 e. The van der Waals surface area contributed by atoms with Crippen LogP contribution in [0, 0.1) is 0 Å². The van der Waals surface area contributed by atoms with Gasteiger partial charge in [-0.25, -0.2) is 4.99 Å². The maximum absolute atomic E-state index is 8.81. The molecule has 188 valence electrons. The molecule has 0 unspecified atom stereocenters. The molecule has 0 aromatic heterocycles. The number of amidine groups is 1. The van der Waals surface area contributed by atoms with Crippen LogP contribution in [0.25, 0.3) is 0 Å². The highest BCUT2D eigenvalue weighted by Gasteiger charge is 2.25. The van der Waals surface area contributed by atoms with Gasteiger partial charge in [0.25, 0.3) is 0 Å². The highest BCUT2D eigenvalue weighted by atomic mass is 32.2. The number of aliphatic hydroxyl groups excluding tert-OH is 1. The summed E-state index contributed by atoms with van der Waals surface area (Å²) in [5.41, 5.74) is 2.33. The summed E-state index contributed by atoms with van der Waals surface area (Å²) in [5.74, 6) is 1.12. The van der Waals surface area contributed by atoms with Gasteiger partial charge in [0.1, 0.15) is 5.84 Å². The first-order chi connectivity index (χ1) is 17.3. The van der Waals surface area contributed by atoms with Gasteiger partial charge in [-0.2, -0.15) is 0 Å². The summed E-state index contributed by atoms with van der Waals surface area (Å²) < 4.78 is 5.41. The number of ether oxygens (including phenoxy) is 1. The lowest BCUT2D eigenvalue weighted by Gasteiger charge is -2.39. The number of benzene rings is 2. The van der Waals surface area contributed by atoms with Crippen molar-refractivity contribution in [3.63, 3.8) is 0 Å². The molecule has 3 aliphatic rings. The Morgan fingerprint density at radius 3 is 2.03 bits per heavy atom. The van der Waals surface area contributed by atoms with Crippen LogP contribution >= 0.6 is 11.8 Å². The van der Waals surface area contributed by atoms with Crippen molar-refractivity contribution in [1.82, 2.24) is 19.6 Å². The third-order valence-corrected chi connectivity index (χ3v) is 8.24. The predicted octanol–water partition coefficient (Wildman–Crippen LogP) is 2.47. The second-order valence-corrected chi connectivity index (χ2v) is 10.4. The molecule has 2 saturated heterocycles. The average Bonchev–Trinajstić information content (AvgIpc) is 3.08. The molecule has 8 heteroatoms. The zero-order valence-corrected chi connectivity index (χ0v) is 21.3. The standard InChI is InChI=1S/C27H37N5O2S/c33-20-22-34-21-19-31-13-11-29(12-14-31)9-10-30-15-17-32(18-16-30)27-23-5-1-3-7-25(23)35-26-8-4-2-6-24(26)28-27/h1-8,33H,9-22H2. The largest absolute Gasteiger partial charge is 0.394 e. The first-order valence-corrected chi connectivity index (χ1v) is 13.7. The van der Waals surface area contributed by atoms with Gasteiger partial charge in [-0.05, 0) is 18.2 Å².